The van der Waals surface area contributed by atoms with Crippen LogP contribution < -0.4 is 10.6 Å². The van der Waals surface area contributed by atoms with Gasteiger partial charge in [0.1, 0.15) is 0 Å². The van der Waals surface area contributed by atoms with Crippen molar-refractivity contribution in [2.75, 3.05) is 26.2 Å². The molecule has 1 aliphatic rings. The maximum atomic E-state index is 11.1. The molecule has 1 unspecified atom stereocenters. The molecule has 0 bridgehead atoms. The highest BCUT2D eigenvalue weighted by Gasteiger charge is 2.18. The Balaban J connectivity index is 2.11. The largest absolute Gasteiger partial charge is 0.336 e. The zero-order valence-electron chi connectivity index (χ0n) is 8.05. The van der Waals surface area contributed by atoms with E-state index in [4.69, 9.17) is 0 Å². The van der Waals surface area contributed by atoms with Crippen molar-refractivity contribution in [1.29, 1.82) is 0 Å². The summed E-state index contributed by atoms with van der Waals surface area (Å²) in [6.45, 7) is 8.89. The molecule has 13 heavy (non-hydrogen) atoms. The van der Waals surface area contributed by atoms with Crippen LogP contribution in [0.4, 0.5) is 4.79 Å². The molecule has 2 N–H and O–H groups in total. The number of amides is 2. The average molecular weight is 183 g/mol. The van der Waals surface area contributed by atoms with Gasteiger partial charge in [0.25, 0.3) is 0 Å². The Morgan fingerprint density at radius 3 is 3.15 bits per heavy atom. The van der Waals surface area contributed by atoms with Crippen molar-refractivity contribution >= 4 is 6.03 Å². The normalized spacial score (nSPS) is 18.5. The maximum Gasteiger partial charge on any atom is 0.317 e. The minimum Gasteiger partial charge on any atom is -0.336 e. The SMILES string of the molecule is C=CC(C)NCCN1CCNC1=O. The lowest BCUT2D eigenvalue weighted by Gasteiger charge is -2.15. The first-order valence-corrected chi connectivity index (χ1v) is 4.62. The number of hydrogen-bond donors (Lipinski definition) is 2. The molecule has 0 radical (unpaired) electrons. The lowest BCUT2D eigenvalue weighted by Crippen LogP contribution is -2.37. The Morgan fingerprint density at radius 2 is 2.62 bits per heavy atom. The van der Waals surface area contributed by atoms with Gasteiger partial charge in [-0.1, -0.05) is 6.08 Å². The zero-order chi connectivity index (χ0) is 9.68. The van der Waals surface area contributed by atoms with Crippen LogP contribution in [0.15, 0.2) is 12.7 Å². The van der Waals surface area contributed by atoms with Gasteiger partial charge in [-0.05, 0) is 6.92 Å². The van der Waals surface area contributed by atoms with Crippen molar-refractivity contribution in [3.63, 3.8) is 0 Å². The van der Waals surface area contributed by atoms with Crippen LogP contribution in [-0.4, -0.2) is 43.2 Å². The quantitative estimate of drug-likeness (QED) is 0.597. The van der Waals surface area contributed by atoms with Crippen LogP contribution >= 0.6 is 0 Å². The van der Waals surface area contributed by atoms with Crippen molar-refractivity contribution in [2.45, 2.75) is 13.0 Å². The summed E-state index contributed by atoms with van der Waals surface area (Å²) >= 11 is 0. The van der Waals surface area contributed by atoms with Gasteiger partial charge in [0.2, 0.25) is 0 Å². The molecule has 74 valence electrons. The highest BCUT2D eigenvalue weighted by molar-refractivity contribution is 5.76. The number of hydrogen-bond acceptors (Lipinski definition) is 2. The summed E-state index contributed by atoms with van der Waals surface area (Å²) in [5, 5.41) is 6.00. The molecule has 4 nitrogen and oxygen atoms in total. The topological polar surface area (TPSA) is 44.4 Å². The summed E-state index contributed by atoms with van der Waals surface area (Å²) < 4.78 is 0. The van der Waals surface area contributed by atoms with Crippen molar-refractivity contribution in [3.8, 4) is 0 Å². The molecule has 0 aromatic carbocycles. The summed E-state index contributed by atoms with van der Waals surface area (Å²) in [4.78, 5) is 12.9. The molecule has 4 heteroatoms. The minimum atomic E-state index is 0.0491. The smallest absolute Gasteiger partial charge is 0.317 e. The van der Waals surface area contributed by atoms with Gasteiger partial charge >= 0.3 is 6.03 Å². The summed E-state index contributed by atoms with van der Waals surface area (Å²) in [5.41, 5.74) is 0. The third-order valence-electron chi connectivity index (χ3n) is 2.15. The molecule has 0 aliphatic carbocycles. The van der Waals surface area contributed by atoms with Crippen molar-refractivity contribution in [3.05, 3.63) is 12.7 Å². The predicted octanol–water partition coefficient (Wildman–Crippen LogP) is 0.176. The summed E-state index contributed by atoms with van der Waals surface area (Å²) in [6, 6.07) is 0.360. The van der Waals surface area contributed by atoms with E-state index in [1.165, 1.54) is 0 Å². The Bertz CT molecular complexity index is 193. The van der Waals surface area contributed by atoms with E-state index in [-0.39, 0.29) is 6.03 Å². The second kappa shape index (κ2) is 4.87. The van der Waals surface area contributed by atoms with E-state index in [1.54, 1.807) is 0 Å². The van der Waals surface area contributed by atoms with Gasteiger partial charge in [0.15, 0.2) is 0 Å². The van der Waals surface area contributed by atoms with Crippen molar-refractivity contribution < 1.29 is 4.79 Å². The molecule has 1 atom stereocenters. The van der Waals surface area contributed by atoms with Crippen LogP contribution in [0.25, 0.3) is 0 Å². The van der Waals surface area contributed by atoms with E-state index >= 15 is 0 Å². The minimum absolute atomic E-state index is 0.0491. The van der Waals surface area contributed by atoms with E-state index in [1.807, 2.05) is 17.9 Å². The third kappa shape index (κ3) is 3.06. The molecule has 1 heterocycles. The summed E-state index contributed by atoms with van der Waals surface area (Å²) in [5.74, 6) is 0. The van der Waals surface area contributed by atoms with E-state index in [2.05, 4.69) is 17.2 Å². The Labute approximate surface area is 79.0 Å². The number of rotatable bonds is 5. The molecule has 1 saturated heterocycles. The summed E-state index contributed by atoms with van der Waals surface area (Å²) in [7, 11) is 0. The molecule has 0 aromatic rings. The van der Waals surface area contributed by atoms with E-state index in [0.29, 0.717) is 6.04 Å². The molecule has 0 spiro atoms. The molecular weight excluding hydrogens is 166 g/mol. The Hall–Kier alpha value is -1.03. The lowest BCUT2D eigenvalue weighted by atomic mass is 10.3. The molecule has 1 aliphatic heterocycles. The van der Waals surface area contributed by atoms with Crippen molar-refractivity contribution in [2.24, 2.45) is 0 Å². The van der Waals surface area contributed by atoms with E-state index in [0.717, 1.165) is 26.2 Å². The monoisotopic (exact) mass is 183 g/mol. The standard InChI is InChI=1S/C9H17N3O/c1-3-8(2)10-4-6-12-7-5-11-9(12)13/h3,8,10H,1,4-7H2,2H3,(H,11,13). The van der Waals surface area contributed by atoms with Gasteiger partial charge in [-0.25, -0.2) is 4.79 Å². The first-order chi connectivity index (χ1) is 6.24. The van der Waals surface area contributed by atoms with E-state index in [9.17, 15) is 4.79 Å². The van der Waals surface area contributed by atoms with Gasteiger partial charge in [0.05, 0.1) is 0 Å². The van der Waals surface area contributed by atoms with Crippen LogP contribution in [0, 0.1) is 0 Å². The summed E-state index contributed by atoms with van der Waals surface area (Å²) in [6.07, 6.45) is 1.85. The number of nitrogens with zero attached hydrogens (tertiary/aromatic N) is 1. The molecule has 0 saturated carbocycles. The van der Waals surface area contributed by atoms with Crippen LogP contribution in [0.5, 0.6) is 0 Å². The zero-order valence-corrected chi connectivity index (χ0v) is 8.05. The van der Waals surface area contributed by atoms with Gasteiger partial charge in [0, 0.05) is 32.2 Å². The number of carbonyl (C=O) groups is 1. The average Bonchev–Trinajstić information content (AvgIpc) is 2.52. The molecule has 2 amide bonds. The van der Waals surface area contributed by atoms with E-state index < -0.39 is 0 Å². The van der Waals surface area contributed by atoms with Crippen LogP contribution in [0.3, 0.4) is 0 Å². The van der Waals surface area contributed by atoms with Gasteiger partial charge < -0.3 is 15.5 Å². The Kier molecular flexibility index (Phi) is 3.76. The molecule has 0 aromatic heterocycles. The van der Waals surface area contributed by atoms with Gasteiger partial charge in [-0.2, -0.15) is 0 Å². The third-order valence-corrected chi connectivity index (χ3v) is 2.15. The van der Waals surface area contributed by atoms with Crippen LogP contribution in [0.2, 0.25) is 0 Å². The predicted molar refractivity (Wildman–Crippen MR) is 52.6 cm³/mol. The van der Waals surface area contributed by atoms with Crippen LogP contribution in [0.1, 0.15) is 6.92 Å². The highest BCUT2D eigenvalue weighted by atomic mass is 16.2. The molecule has 1 fully saturated rings. The lowest BCUT2D eigenvalue weighted by molar-refractivity contribution is 0.217. The first kappa shape index (κ1) is 10.1. The molecule has 1 rings (SSSR count). The fourth-order valence-corrected chi connectivity index (χ4v) is 1.24. The van der Waals surface area contributed by atoms with Gasteiger partial charge in [-0.3, -0.25) is 0 Å². The van der Waals surface area contributed by atoms with Crippen LogP contribution in [-0.2, 0) is 0 Å². The fourth-order valence-electron chi connectivity index (χ4n) is 1.24. The maximum absolute atomic E-state index is 11.1. The first-order valence-electron chi connectivity index (χ1n) is 4.62. The fraction of sp³-hybridized carbons (Fsp3) is 0.667. The number of nitrogens with one attached hydrogen (secondary N) is 2. The Morgan fingerprint density at radius 1 is 1.85 bits per heavy atom. The number of carbonyl (C=O) groups excluding carboxylic acids is 1. The second-order valence-corrected chi connectivity index (χ2v) is 3.20. The highest BCUT2D eigenvalue weighted by Crippen LogP contribution is 1.94. The number of urea groups is 1. The molecular formula is C9H17N3O. The van der Waals surface area contributed by atoms with Crippen molar-refractivity contribution in [1.82, 2.24) is 15.5 Å². The second-order valence-electron chi connectivity index (χ2n) is 3.20. The van der Waals surface area contributed by atoms with Gasteiger partial charge in [-0.15, -0.1) is 6.58 Å².